The number of hydrogen-bond acceptors (Lipinski definition) is 3. The predicted molar refractivity (Wildman–Crippen MR) is 76.0 cm³/mol. The highest BCUT2D eigenvalue weighted by Crippen LogP contribution is 2.34. The van der Waals surface area contributed by atoms with E-state index in [1.165, 1.54) is 0 Å². The van der Waals surface area contributed by atoms with Gasteiger partial charge in [-0.2, -0.15) is 5.26 Å². The second kappa shape index (κ2) is 5.87. The fourth-order valence-electron chi connectivity index (χ4n) is 1.68. The van der Waals surface area contributed by atoms with E-state index in [4.69, 9.17) is 10.00 Å². The van der Waals surface area contributed by atoms with E-state index in [2.05, 4.69) is 22.0 Å². The average Bonchev–Trinajstić information content (AvgIpc) is 2.41. The molecule has 0 aromatic heterocycles. The van der Waals surface area contributed by atoms with Crippen LogP contribution in [-0.2, 0) is 0 Å². The molecule has 0 bridgehead atoms. The van der Waals surface area contributed by atoms with Gasteiger partial charge in [-0.05, 0) is 47.1 Å². The zero-order valence-electron chi connectivity index (χ0n) is 10.3. The van der Waals surface area contributed by atoms with Crippen LogP contribution >= 0.6 is 15.9 Å². The van der Waals surface area contributed by atoms with Crippen molar-refractivity contribution in [2.24, 2.45) is 0 Å². The summed E-state index contributed by atoms with van der Waals surface area (Å²) in [7, 11) is 0. The first-order valence-corrected chi connectivity index (χ1v) is 6.55. The lowest BCUT2D eigenvalue weighted by Gasteiger charge is -2.14. The third kappa shape index (κ3) is 3.14. The van der Waals surface area contributed by atoms with E-state index in [0.29, 0.717) is 22.6 Å². The lowest BCUT2D eigenvalue weighted by molar-refractivity contribution is 0.195. The summed E-state index contributed by atoms with van der Waals surface area (Å²) in [5, 5.41) is 18.7. The molecule has 0 heterocycles. The highest BCUT2D eigenvalue weighted by molar-refractivity contribution is 9.10. The molecule has 1 atom stereocenters. The summed E-state index contributed by atoms with van der Waals surface area (Å²) in [6, 6.07) is 14.5. The molecule has 0 aliphatic rings. The molecule has 0 radical (unpaired) electrons. The standard InChI is InChI=1S/C15H12BrNO2/c1-10(18)12-7-6-11(9-17)8-15(12)19-14-5-3-2-4-13(14)16/h2-8,10,18H,1H3/t10-/m1/s1. The molecule has 2 rings (SSSR count). The largest absolute Gasteiger partial charge is 0.456 e. The van der Waals surface area contributed by atoms with E-state index >= 15 is 0 Å². The number of para-hydroxylation sites is 1. The van der Waals surface area contributed by atoms with Gasteiger partial charge in [0, 0.05) is 5.56 Å². The molecule has 2 aromatic rings. The van der Waals surface area contributed by atoms with Crippen molar-refractivity contribution in [3.05, 3.63) is 58.1 Å². The number of nitriles is 1. The van der Waals surface area contributed by atoms with Crippen molar-refractivity contribution in [1.82, 2.24) is 0 Å². The molecule has 4 heteroatoms. The van der Waals surface area contributed by atoms with Gasteiger partial charge in [-0.25, -0.2) is 0 Å². The summed E-state index contributed by atoms with van der Waals surface area (Å²) in [5.74, 6) is 1.13. The minimum atomic E-state index is -0.662. The van der Waals surface area contributed by atoms with Gasteiger partial charge in [0.05, 0.1) is 22.2 Å². The van der Waals surface area contributed by atoms with Crippen LogP contribution in [0.4, 0.5) is 0 Å². The molecular formula is C15H12BrNO2. The molecule has 0 aliphatic heterocycles. The quantitative estimate of drug-likeness (QED) is 0.924. The number of rotatable bonds is 3. The lowest BCUT2D eigenvalue weighted by atomic mass is 10.1. The highest BCUT2D eigenvalue weighted by Gasteiger charge is 2.12. The molecular weight excluding hydrogens is 306 g/mol. The second-order valence-electron chi connectivity index (χ2n) is 4.07. The summed E-state index contributed by atoms with van der Waals surface area (Å²) >= 11 is 3.40. The smallest absolute Gasteiger partial charge is 0.141 e. The van der Waals surface area contributed by atoms with E-state index in [-0.39, 0.29) is 0 Å². The first-order valence-electron chi connectivity index (χ1n) is 5.76. The van der Waals surface area contributed by atoms with E-state index in [9.17, 15) is 5.11 Å². The Morgan fingerprint density at radius 1 is 1.21 bits per heavy atom. The molecule has 0 aliphatic carbocycles. The molecule has 0 unspecified atom stereocenters. The summed E-state index contributed by atoms with van der Waals surface area (Å²) < 4.78 is 6.60. The van der Waals surface area contributed by atoms with Crippen molar-refractivity contribution < 1.29 is 9.84 Å². The van der Waals surface area contributed by atoms with Crippen molar-refractivity contribution in [1.29, 1.82) is 5.26 Å². The molecule has 0 amide bonds. The third-order valence-electron chi connectivity index (χ3n) is 2.65. The number of nitrogens with zero attached hydrogens (tertiary/aromatic N) is 1. The van der Waals surface area contributed by atoms with Crippen LogP contribution in [0.1, 0.15) is 24.2 Å². The van der Waals surface area contributed by atoms with Gasteiger partial charge in [0.2, 0.25) is 0 Å². The monoisotopic (exact) mass is 317 g/mol. The normalized spacial score (nSPS) is 11.7. The van der Waals surface area contributed by atoms with Gasteiger partial charge in [-0.1, -0.05) is 18.2 Å². The number of aliphatic hydroxyl groups is 1. The van der Waals surface area contributed by atoms with Gasteiger partial charge < -0.3 is 9.84 Å². The number of halogens is 1. The van der Waals surface area contributed by atoms with Crippen LogP contribution in [0, 0.1) is 11.3 Å². The maximum atomic E-state index is 9.74. The minimum Gasteiger partial charge on any atom is -0.456 e. The van der Waals surface area contributed by atoms with Gasteiger partial charge in [0.25, 0.3) is 0 Å². The zero-order chi connectivity index (χ0) is 13.8. The van der Waals surface area contributed by atoms with E-state index in [0.717, 1.165) is 4.47 Å². The van der Waals surface area contributed by atoms with Crippen LogP contribution in [0.3, 0.4) is 0 Å². The van der Waals surface area contributed by atoms with Gasteiger partial charge in [-0.3, -0.25) is 0 Å². The molecule has 0 fully saturated rings. The number of benzene rings is 2. The van der Waals surface area contributed by atoms with Gasteiger partial charge in [0.1, 0.15) is 11.5 Å². The first-order chi connectivity index (χ1) is 9.11. The topological polar surface area (TPSA) is 53.2 Å². The Hall–Kier alpha value is -1.83. The molecule has 0 saturated carbocycles. The third-order valence-corrected chi connectivity index (χ3v) is 3.30. The fraction of sp³-hybridized carbons (Fsp3) is 0.133. The predicted octanol–water partition coefficient (Wildman–Crippen LogP) is 4.17. The Morgan fingerprint density at radius 3 is 2.58 bits per heavy atom. The van der Waals surface area contributed by atoms with E-state index in [1.807, 2.05) is 24.3 Å². The summed E-state index contributed by atoms with van der Waals surface area (Å²) in [6.07, 6.45) is -0.662. The SMILES string of the molecule is C[C@@H](O)c1ccc(C#N)cc1Oc1ccccc1Br. The van der Waals surface area contributed by atoms with Crippen molar-refractivity contribution in [2.75, 3.05) is 0 Å². The first kappa shape index (κ1) is 13.6. The molecule has 3 nitrogen and oxygen atoms in total. The Balaban J connectivity index is 2.44. The van der Waals surface area contributed by atoms with Crippen LogP contribution in [0.15, 0.2) is 46.9 Å². The lowest BCUT2D eigenvalue weighted by Crippen LogP contribution is -1.97. The maximum absolute atomic E-state index is 9.74. The summed E-state index contributed by atoms with van der Waals surface area (Å²) in [6.45, 7) is 1.66. The maximum Gasteiger partial charge on any atom is 0.141 e. The minimum absolute atomic E-state index is 0.487. The molecule has 0 spiro atoms. The molecule has 0 saturated heterocycles. The van der Waals surface area contributed by atoms with Crippen molar-refractivity contribution in [3.63, 3.8) is 0 Å². The van der Waals surface area contributed by atoms with Crippen LogP contribution in [-0.4, -0.2) is 5.11 Å². The summed E-state index contributed by atoms with van der Waals surface area (Å²) in [5.41, 5.74) is 1.14. The molecule has 2 aromatic carbocycles. The van der Waals surface area contributed by atoms with Gasteiger partial charge in [-0.15, -0.1) is 0 Å². The summed E-state index contributed by atoms with van der Waals surface area (Å²) in [4.78, 5) is 0. The number of ether oxygens (including phenoxy) is 1. The van der Waals surface area contributed by atoms with Crippen LogP contribution < -0.4 is 4.74 Å². The average molecular weight is 318 g/mol. The molecule has 1 N–H and O–H groups in total. The Bertz CT molecular complexity index is 632. The van der Waals surface area contributed by atoms with E-state index in [1.54, 1.807) is 25.1 Å². The fourth-order valence-corrected chi connectivity index (χ4v) is 2.05. The number of aliphatic hydroxyl groups excluding tert-OH is 1. The Labute approximate surface area is 120 Å². The Morgan fingerprint density at radius 2 is 1.95 bits per heavy atom. The zero-order valence-corrected chi connectivity index (χ0v) is 11.9. The van der Waals surface area contributed by atoms with E-state index < -0.39 is 6.10 Å². The van der Waals surface area contributed by atoms with Crippen molar-refractivity contribution in [2.45, 2.75) is 13.0 Å². The van der Waals surface area contributed by atoms with Gasteiger partial charge in [0.15, 0.2) is 0 Å². The molecule has 96 valence electrons. The highest BCUT2D eigenvalue weighted by atomic mass is 79.9. The van der Waals surface area contributed by atoms with Crippen molar-refractivity contribution >= 4 is 15.9 Å². The second-order valence-corrected chi connectivity index (χ2v) is 4.93. The van der Waals surface area contributed by atoms with Crippen LogP contribution in [0.2, 0.25) is 0 Å². The van der Waals surface area contributed by atoms with Crippen LogP contribution in [0.5, 0.6) is 11.5 Å². The molecule has 19 heavy (non-hydrogen) atoms. The Kier molecular flexibility index (Phi) is 4.20. The van der Waals surface area contributed by atoms with Crippen LogP contribution in [0.25, 0.3) is 0 Å². The van der Waals surface area contributed by atoms with Crippen molar-refractivity contribution in [3.8, 4) is 17.6 Å². The number of hydrogen-bond donors (Lipinski definition) is 1. The van der Waals surface area contributed by atoms with Gasteiger partial charge >= 0.3 is 0 Å².